The van der Waals surface area contributed by atoms with Crippen LogP contribution < -0.4 is 23.8 Å². The molecule has 3 aromatic rings. The van der Waals surface area contributed by atoms with Gasteiger partial charge in [0.2, 0.25) is 6.79 Å². The molecule has 0 bridgehead atoms. The molecule has 1 atom stereocenters. The molecule has 2 aliphatic heterocycles. The molecule has 2 heterocycles. The summed E-state index contributed by atoms with van der Waals surface area (Å²) in [6.07, 6.45) is 1.03. The molecule has 5 rings (SSSR count). The number of methoxy groups -OCH3 is 2. The molecule has 0 saturated carbocycles. The minimum atomic E-state index is 0.298. The molecule has 0 amide bonds. The first-order chi connectivity index (χ1) is 15.2. The van der Waals surface area contributed by atoms with Crippen LogP contribution >= 0.6 is 11.8 Å². The molecule has 0 aliphatic carbocycles. The van der Waals surface area contributed by atoms with Gasteiger partial charge in [0.25, 0.3) is 0 Å². The van der Waals surface area contributed by atoms with E-state index in [1.807, 2.05) is 36.0 Å². The van der Waals surface area contributed by atoms with E-state index in [4.69, 9.17) is 18.9 Å². The number of thioether (sulfide) groups is 1. The third-order valence-corrected chi connectivity index (χ3v) is 7.11. The smallest absolute Gasteiger partial charge is 0.231 e. The van der Waals surface area contributed by atoms with Crippen molar-refractivity contribution in [2.24, 2.45) is 0 Å². The van der Waals surface area contributed by atoms with Gasteiger partial charge in [0.15, 0.2) is 11.5 Å². The van der Waals surface area contributed by atoms with Crippen LogP contribution in [0.4, 0.5) is 5.69 Å². The lowest BCUT2D eigenvalue weighted by molar-refractivity contribution is 0.174. The fourth-order valence-electron chi connectivity index (χ4n) is 4.05. The quantitative estimate of drug-likeness (QED) is 0.514. The largest absolute Gasteiger partial charge is 0.497 e. The van der Waals surface area contributed by atoms with Gasteiger partial charge in [-0.3, -0.25) is 0 Å². The van der Waals surface area contributed by atoms with E-state index in [2.05, 4.69) is 41.3 Å². The predicted octanol–water partition coefficient (Wildman–Crippen LogP) is 5.68. The molecule has 0 spiro atoms. The first-order valence-electron chi connectivity index (χ1n) is 10.4. The Bertz CT molecular complexity index is 1070. The zero-order valence-electron chi connectivity index (χ0n) is 17.7. The lowest BCUT2D eigenvalue weighted by Crippen LogP contribution is -2.24. The number of rotatable bonds is 5. The minimum Gasteiger partial charge on any atom is -0.497 e. The van der Waals surface area contributed by atoms with Gasteiger partial charge in [0, 0.05) is 23.2 Å². The molecule has 0 saturated heterocycles. The molecule has 2 aliphatic rings. The van der Waals surface area contributed by atoms with Gasteiger partial charge in [-0.15, -0.1) is 11.8 Å². The van der Waals surface area contributed by atoms with Crippen molar-refractivity contribution in [3.8, 4) is 23.0 Å². The minimum absolute atomic E-state index is 0.298. The fraction of sp³-hybridized carbons (Fsp3) is 0.280. The van der Waals surface area contributed by atoms with E-state index in [0.717, 1.165) is 42.5 Å². The van der Waals surface area contributed by atoms with E-state index >= 15 is 0 Å². The SMILES string of the molecule is COc1ccc(CN2CCC(c3ccc4c(c3)OCO4)Sc3cc(OC)ccc32)cc1. The molecule has 31 heavy (non-hydrogen) atoms. The van der Waals surface area contributed by atoms with Crippen molar-refractivity contribution in [2.45, 2.75) is 23.1 Å². The van der Waals surface area contributed by atoms with Crippen molar-refractivity contribution in [1.29, 1.82) is 0 Å². The highest BCUT2D eigenvalue weighted by atomic mass is 32.2. The van der Waals surface area contributed by atoms with E-state index in [1.54, 1.807) is 14.2 Å². The number of hydrogen-bond donors (Lipinski definition) is 0. The molecule has 1 unspecified atom stereocenters. The van der Waals surface area contributed by atoms with E-state index < -0.39 is 0 Å². The molecule has 6 heteroatoms. The summed E-state index contributed by atoms with van der Waals surface area (Å²) in [4.78, 5) is 3.68. The number of benzene rings is 3. The monoisotopic (exact) mass is 435 g/mol. The molecule has 160 valence electrons. The van der Waals surface area contributed by atoms with Crippen molar-refractivity contribution in [3.05, 3.63) is 71.8 Å². The first-order valence-corrected chi connectivity index (χ1v) is 11.2. The van der Waals surface area contributed by atoms with Gasteiger partial charge < -0.3 is 23.8 Å². The summed E-state index contributed by atoms with van der Waals surface area (Å²) < 4.78 is 21.9. The topological polar surface area (TPSA) is 40.2 Å². The van der Waals surface area contributed by atoms with Crippen molar-refractivity contribution >= 4 is 17.4 Å². The average Bonchev–Trinajstić information content (AvgIpc) is 3.21. The highest BCUT2D eigenvalue weighted by molar-refractivity contribution is 7.99. The lowest BCUT2D eigenvalue weighted by atomic mass is 10.1. The highest BCUT2D eigenvalue weighted by Gasteiger charge is 2.25. The Labute approximate surface area is 186 Å². The standard InChI is InChI=1S/C25H25NO4S/c1-27-19-6-3-17(4-7-19)15-26-12-11-24(18-5-10-22-23(13-18)30-16-29-22)31-25-14-20(28-2)8-9-21(25)26/h3-10,13-14,24H,11-12,15-16H2,1-2H3. The van der Waals surface area contributed by atoms with Crippen LogP contribution in [0.1, 0.15) is 22.8 Å². The summed E-state index contributed by atoms with van der Waals surface area (Å²) in [7, 11) is 3.41. The molecule has 0 radical (unpaired) electrons. The van der Waals surface area contributed by atoms with Crippen LogP contribution in [0.15, 0.2) is 65.6 Å². The maximum Gasteiger partial charge on any atom is 0.231 e. The number of fused-ring (bicyclic) bond motifs is 2. The number of ether oxygens (including phenoxy) is 4. The number of nitrogens with zero attached hydrogens (tertiary/aromatic N) is 1. The molecule has 0 aromatic heterocycles. The van der Waals surface area contributed by atoms with Crippen LogP contribution in [0.25, 0.3) is 0 Å². The Balaban J connectivity index is 1.45. The van der Waals surface area contributed by atoms with Crippen LogP contribution in [-0.2, 0) is 6.54 Å². The van der Waals surface area contributed by atoms with Crippen LogP contribution in [0, 0.1) is 0 Å². The Morgan fingerprint density at radius 1 is 0.903 bits per heavy atom. The van der Waals surface area contributed by atoms with Crippen molar-refractivity contribution in [2.75, 3.05) is 32.5 Å². The molecular formula is C25H25NO4S. The van der Waals surface area contributed by atoms with Gasteiger partial charge in [0.1, 0.15) is 11.5 Å². The molecule has 0 fully saturated rings. The molecule has 3 aromatic carbocycles. The van der Waals surface area contributed by atoms with Crippen molar-refractivity contribution < 1.29 is 18.9 Å². The number of anilines is 1. The third-order valence-electron chi connectivity index (χ3n) is 5.74. The van der Waals surface area contributed by atoms with Crippen LogP contribution in [-0.4, -0.2) is 27.6 Å². The zero-order valence-corrected chi connectivity index (χ0v) is 18.5. The van der Waals surface area contributed by atoms with Gasteiger partial charge in [-0.25, -0.2) is 0 Å². The summed E-state index contributed by atoms with van der Waals surface area (Å²) in [5.74, 6) is 3.42. The van der Waals surface area contributed by atoms with E-state index in [-0.39, 0.29) is 0 Å². The Kier molecular flexibility index (Phi) is 5.55. The van der Waals surface area contributed by atoms with Crippen molar-refractivity contribution in [1.82, 2.24) is 0 Å². The van der Waals surface area contributed by atoms with E-state index in [9.17, 15) is 0 Å². The second-order valence-corrected chi connectivity index (χ2v) is 8.86. The average molecular weight is 436 g/mol. The van der Waals surface area contributed by atoms with E-state index in [0.29, 0.717) is 12.0 Å². The van der Waals surface area contributed by atoms with Gasteiger partial charge in [-0.2, -0.15) is 0 Å². The molecule has 5 nitrogen and oxygen atoms in total. The molecular weight excluding hydrogens is 410 g/mol. The Morgan fingerprint density at radius 2 is 1.68 bits per heavy atom. The van der Waals surface area contributed by atoms with E-state index in [1.165, 1.54) is 21.7 Å². The Hall–Kier alpha value is -2.99. The number of hydrogen-bond acceptors (Lipinski definition) is 6. The summed E-state index contributed by atoms with van der Waals surface area (Å²) in [5, 5.41) is 0.321. The Morgan fingerprint density at radius 3 is 2.48 bits per heavy atom. The van der Waals surface area contributed by atoms with Crippen LogP contribution in [0.5, 0.6) is 23.0 Å². The third kappa shape index (κ3) is 4.12. The summed E-state index contributed by atoms with van der Waals surface area (Å²) in [6.45, 7) is 2.10. The maximum atomic E-state index is 5.61. The van der Waals surface area contributed by atoms with Crippen molar-refractivity contribution in [3.63, 3.8) is 0 Å². The molecule has 0 N–H and O–H groups in total. The second-order valence-electron chi connectivity index (χ2n) is 7.61. The predicted molar refractivity (Wildman–Crippen MR) is 123 cm³/mol. The fourth-order valence-corrected chi connectivity index (χ4v) is 5.36. The summed E-state index contributed by atoms with van der Waals surface area (Å²) in [5.41, 5.74) is 3.76. The lowest BCUT2D eigenvalue weighted by Gasteiger charge is -2.25. The van der Waals surface area contributed by atoms with Gasteiger partial charge in [0.05, 0.1) is 19.9 Å². The van der Waals surface area contributed by atoms with Gasteiger partial charge >= 0.3 is 0 Å². The maximum absolute atomic E-state index is 5.61. The highest BCUT2D eigenvalue weighted by Crippen LogP contribution is 2.48. The van der Waals surface area contributed by atoms with Gasteiger partial charge in [-0.05, 0) is 60.0 Å². The zero-order chi connectivity index (χ0) is 21.2. The van der Waals surface area contributed by atoms with Gasteiger partial charge in [-0.1, -0.05) is 18.2 Å². The van der Waals surface area contributed by atoms with Crippen LogP contribution in [0.2, 0.25) is 0 Å². The normalized spacial score (nSPS) is 17.1. The van der Waals surface area contributed by atoms with Crippen LogP contribution in [0.3, 0.4) is 0 Å². The second kappa shape index (κ2) is 8.63. The summed E-state index contributed by atoms with van der Waals surface area (Å²) in [6, 6.07) is 21.0. The first kappa shape index (κ1) is 19.9. The summed E-state index contributed by atoms with van der Waals surface area (Å²) >= 11 is 1.89.